The Hall–Kier alpha value is -2.28. The number of benzene rings is 1. The summed E-state index contributed by atoms with van der Waals surface area (Å²) in [4.78, 5) is 17.7. The molecule has 146 valence electrons. The number of amides is 1. The average molecular weight is 390 g/mol. The van der Waals surface area contributed by atoms with Crippen molar-refractivity contribution in [3.63, 3.8) is 0 Å². The van der Waals surface area contributed by atoms with Gasteiger partial charge in [-0.25, -0.2) is 4.98 Å². The molecule has 1 amide bonds. The molecule has 1 saturated carbocycles. The number of aryl methyl sites for hydroxylation is 1. The molecule has 6 nitrogen and oxygen atoms in total. The van der Waals surface area contributed by atoms with Crippen LogP contribution >= 0.6 is 11.3 Å². The van der Waals surface area contributed by atoms with Gasteiger partial charge in [0.05, 0.1) is 19.9 Å². The van der Waals surface area contributed by atoms with Crippen LogP contribution in [0.5, 0.6) is 11.5 Å². The smallest absolute Gasteiger partial charge is 0.263 e. The van der Waals surface area contributed by atoms with E-state index in [-0.39, 0.29) is 5.91 Å². The minimum Gasteiger partial charge on any atom is -0.493 e. The number of anilines is 1. The average Bonchev–Trinajstić information content (AvgIpc) is 3.31. The van der Waals surface area contributed by atoms with Crippen LogP contribution in [0.25, 0.3) is 0 Å². The number of methoxy groups -OCH3 is 2. The maximum atomic E-state index is 12.5. The summed E-state index contributed by atoms with van der Waals surface area (Å²) in [6, 6.07) is 6.29. The van der Waals surface area contributed by atoms with Crippen LogP contribution in [0.15, 0.2) is 18.2 Å². The zero-order valence-corrected chi connectivity index (χ0v) is 16.9. The maximum Gasteiger partial charge on any atom is 0.263 e. The minimum atomic E-state index is -0.0649. The van der Waals surface area contributed by atoms with E-state index in [0.29, 0.717) is 29.0 Å². The van der Waals surface area contributed by atoms with Crippen molar-refractivity contribution in [3.8, 4) is 11.5 Å². The number of hydrogen-bond donors (Lipinski definition) is 2. The van der Waals surface area contributed by atoms with Gasteiger partial charge in [0.1, 0.15) is 4.88 Å². The highest BCUT2D eigenvalue weighted by Crippen LogP contribution is 2.28. The third kappa shape index (κ3) is 4.91. The molecule has 0 radical (unpaired) electrons. The zero-order valence-electron chi connectivity index (χ0n) is 16.1. The van der Waals surface area contributed by atoms with Crippen molar-refractivity contribution in [3.05, 3.63) is 34.3 Å². The molecule has 1 fully saturated rings. The summed E-state index contributed by atoms with van der Waals surface area (Å²) in [5.41, 5.74) is 1.86. The highest BCUT2D eigenvalue weighted by molar-refractivity contribution is 7.17. The number of ether oxygens (including phenoxy) is 2. The third-order valence-electron chi connectivity index (χ3n) is 4.83. The van der Waals surface area contributed by atoms with E-state index in [2.05, 4.69) is 15.6 Å². The molecule has 1 aromatic heterocycles. The number of nitrogens with zero attached hydrogens (tertiary/aromatic N) is 1. The molecule has 0 unspecified atom stereocenters. The predicted molar refractivity (Wildman–Crippen MR) is 108 cm³/mol. The Kier molecular flexibility index (Phi) is 6.55. The molecule has 0 spiro atoms. The number of rotatable bonds is 8. The van der Waals surface area contributed by atoms with Gasteiger partial charge in [-0.05, 0) is 43.9 Å². The Labute approximate surface area is 164 Å². The van der Waals surface area contributed by atoms with Gasteiger partial charge in [0.25, 0.3) is 5.91 Å². The molecule has 2 aromatic rings. The second-order valence-corrected chi connectivity index (χ2v) is 7.75. The Morgan fingerprint density at radius 2 is 1.96 bits per heavy atom. The molecule has 0 bridgehead atoms. The molecule has 7 heteroatoms. The van der Waals surface area contributed by atoms with E-state index in [9.17, 15) is 4.79 Å². The van der Waals surface area contributed by atoms with Gasteiger partial charge in [0, 0.05) is 12.6 Å². The molecule has 1 aromatic carbocycles. The maximum absolute atomic E-state index is 12.5. The lowest BCUT2D eigenvalue weighted by atomic mass is 10.1. The molecule has 0 saturated heterocycles. The van der Waals surface area contributed by atoms with Crippen LogP contribution in [0.3, 0.4) is 0 Å². The lowest BCUT2D eigenvalue weighted by Gasteiger charge is -2.10. The van der Waals surface area contributed by atoms with E-state index >= 15 is 0 Å². The van der Waals surface area contributed by atoms with E-state index in [1.807, 2.05) is 25.1 Å². The number of carbonyl (C=O) groups is 1. The molecule has 3 rings (SSSR count). The van der Waals surface area contributed by atoms with Crippen LogP contribution in [0.2, 0.25) is 0 Å². The van der Waals surface area contributed by atoms with Gasteiger partial charge in [-0.2, -0.15) is 0 Å². The van der Waals surface area contributed by atoms with Gasteiger partial charge in [-0.1, -0.05) is 30.2 Å². The Morgan fingerprint density at radius 1 is 1.22 bits per heavy atom. The van der Waals surface area contributed by atoms with E-state index in [1.165, 1.54) is 37.0 Å². The van der Waals surface area contributed by atoms with Crippen molar-refractivity contribution < 1.29 is 14.3 Å². The predicted octanol–water partition coefficient (Wildman–Crippen LogP) is 3.80. The van der Waals surface area contributed by atoms with Crippen LogP contribution in [0.4, 0.5) is 5.13 Å². The normalized spacial score (nSPS) is 14.2. The summed E-state index contributed by atoms with van der Waals surface area (Å²) in [5.74, 6) is 1.33. The Morgan fingerprint density at radius 3 is 2.67 bits per heavy atom. The SMILES string of the molecule is COc1ccc(CCNC(=O)c2sc(NC3CCCC3)nc2C)cc1OC. The van der Waals surface area contributed by atoms with Gasteiger partial charge in [0.15, 0.2) is 16.6 Å². The lowest BCUT2D eigenvalue weighted by molar-refractivity contribution is 0.0957. The van der Waals surface area contributed by atoms with Gasteiger partial charge in [0.2, 0.25) is 0 Å². The van der Waals surface area contributed by atoms with Crippen molar-refractivity contribution in [2.45, 2.75) is 45.1 Å². The summed E-state index contributed by atoms with van der Waals surface area (Å²) in [6.07, 6.45) is 5.63. The van der Waals surface area contributed by atoms with Crippen LogP contribution in [-0.4, -0.2) is 37.7 Å². The van der Waals surface area contributed by atoms with Crippen LogP contribution in [0, 0.1) is 6.92 Å². The molecule has 2 N–H and O–H groups in total. The standard InChI is InChI=1S/C20H27N3O3S/c1-13-18(27-20(22-13)23-15-6-4-5-7-15)19(24)21-11-10-14-8-9-16(25-2)17(12-14)26-3/h8-9,12,15H,4-7,10-11H2,1-3H3,(H,21,24)(H,22,23). The summed E-state index contributed by atoms with van der Waals surface area (Å²) in [6.45, 7) is 2.44. The van der Waals surface area contributed by atoms with E-state index in [0.717, 1.165) is 22.8 Å². The largest absolute Gasteiger partial charge is 0.493 e. The summed E-state index contributed by atoms with van der Waals surface area (Å²) in [5, 5.41) is 7.31. The third-order valence-corrected chi connectivity index (χ3v) is 5.92. The molecule has 1 aliphatic rings. The fourth-order valence-corrected chi connectivity index (χ4v) is 4.31. The molecule has 0 atom stereocenters. The first-order valence-electron chi connectivity index (χ1n) is 9.33. The molecule has 1 aliphatic carbocycles. The number of aromatic nitrogens is 1. The van der Waals surface area contributed by atoms with E-state index in [4.69, 9.17) is 9.47 Å². The van der Waals surface area contributed by atoms with Crippen LogP contribution in [0.1, 0.15) is 46.6 Å². The number of carbonyl (C=O) groups excluding carboxylic acids is 1. The quantitative estimate of drug-likeness (QED) is 0.719. The van der Waals surface area contributed by atoms with E-state index in [1.54, 1.807) is 14.2 Å². The fourth-order valence-electron chi connectivity index (χ4n) is 3.35. The topological polar surface area (TPSA) is 72.5 Å². The highest BCUT2D eigenvalue weighted by Gasteiger charge is 2.19. The van der Waals surface area contributed by atoms with Crippen molar-refractivity contribution in [2.75, 3.05) is 26.1 Å². The van der Waals surface area contributed by atoms with Crippen molar-refractivity contribution in [1.29, 1.82) is 0 Å². The summed E-state index contributed by atoms with van der Waals surface area (Å²) < 4.78 is 10.6. The van der Waals surface area contributed by atoms with Crippen LogP contribution < -0.4 is 20.1 Å². The first-order chi connectivity index (χ1) is 13.1. The first-order valence-corrected chi connectivity index (χ1v) is 10.2. The summed E-state index contributed by atoms with van der Waals surface area (Å²) >= 11 is 1.44. The fraction of sp³-hybridized carbons (Fsp3) is 0.500. The number of thiazole rings is 1. The Bertz CT molecular complexity index is 785. The highest BCUT2D eigenvalue weighted by atomic mass is 32.1. The van der Waals surface area contributed by atoms with E-state index < -0.39 is 0 Å². The monoisotopic (exact) mass is 389 g/mol. The lowest BCUT2D eigenvalue weighted by Crippen LogP contribution is -2.25. The molecular weight excluding hydrogens is 362 g/mol. The van der Waals surface area contributed by atoms with Crippen LogP contribution in [-0.2, 0) is 6.42 Å². The molecular formula is C20H27N3O3S. The van der Waals surface area contributed by atoms with Gasteiger partial charge >= 0.3 is 0 Å². The van der Waals surface area contributed by atoms with Gasteiger partial charge in [-0.3, -0.25) is 4.79 Å². The summed E-state index contributed by atoms with van der Waals surface area (Å²) in [7, 11) is 3.23. The van der Waals surface area contributed by atoms with Crippen molar-refractivity contribution in [2.24, 2.45) is 0 Å². The molecule has 0 aliphatic heterocycles. The second-order valence-electron chi connectivity index (χ2n) is 6.75. The number of hydrogen-bond acceptors (Lipinski definition) is 6. The van der Waals surface area contributed by atoms with Crippen molar-refractivity contribution >= 4 is 22.4 Å². The Balaban J connectivity index is 1.54. The minimum absolute atomic E-state index is 0.0649. The molecule has 27 heavy (non-hydrogen) atoms. The van der Waals surface area contributed by atoms with Gasteiger partial charge < -0.3 is 20.1 Å². The second kappa shape index (κ2) is 9.08. The first kappa shape index (κ1) is 19.5. The molecule has 1 heterocycles. The zero-order chi connectivity index (χ0) is 19.2. The number of nitrogens with one attached hydrogen (secondary N) is 2. The van der Waals surface area contributed by atoms with Crippen molar-refractivity contribution in [1.82, 2.24) is 10.3 Å². The van der Waals surface area contributed by atoms with Gasteiger partial charge in [-0.15, -0.1) is 0 Å².